The summed E-state index contributed by atoms with van der Waals surface area (Å²) in [5.41, 5.74) is -0.119. The maximum atomic E-state index is 9.67. The highest BCUT2D eigenvalue weighted by molar-refractivity contribution is 4.97. The van der Waals surface area contributed by atoms with Gasteiger partial charge >= 0.3 is 0 Å². The minimum Gasteiger partial charge on any atom is -0.394 e. The Morgan fingerprint density at radius 3 is 2.56 bits per heavy atom. The van der Waals surface area contributed by atoms with Gasteiger partial charge in [0.15, 0.2) is 0 Å². The lowest BCUT2D eigenvalue weighted by molar-refractivity contribution is 0.103. The maximum absolute atomic E-state index is 9.67. The molecule has 0 spiro atoms. The zero-order chi connectivity index (χ0) is 13.2. The van der Waals surface area contributed by atoms with Gasteiger partial charge in [-0.25, -0.2) is 0 Å². The number of hydrogen-bond donors (Lipinski definition) is 2. The second-order valence-electron chi connectivity index (χ2n) is 5.70. The summed E-state index contributed by atoms with van der Waals surface area (Å²) in [7, 11) is 1.97. The van der Waals surface area contributed by atoms with Gasteiger partial charge in [-0.15, -0.1) is 10.2 Å². The van der Waals surface area contributed by atoms with Gasteiger partial charge < -0.3 is 15.0 Å². The summed E-state index contributed by atoms with van der Waals surface area (Å²) >= 11 is 0. The summed E-state index contributed by atoms with van der Waals surface area (Å²) in [6.07, 6.45) is 4.46. The second-order valence-corrected chi connectivity index (χ2v) is 5.70. The lowest BCUT2D eigenvalue weighted by Crippen LogP contribution is -2.50. The fourth-order valence-electron chi connectivity index (χ4n) is 2.58. The molecule has 5 nitrogen and oxygen atoms in total. The number of aliphatic hydroxyl groups is 1. The normalized spacial score (nSPS) is 28.6. The van der Waals surface area contributed by atoms with Crippen LogP contribution in [0.25, 0.3) is 0 Å². The molecule has 1 aliphatic carbocycles. The molecule has 0 atom stereocenters. The Hall–Kier alpha value is -0.940. The summed E-state index contributed by atoms with van der Waals surface area (Å²) < 4.78 is 1.99. The molecule has 1 aromatic rings. The number of aryl methyl sites for hydroxylation is 1. The number of rotatable bonds is 4. The summed E-state index contributed by atoms with van der Waals surface area (Å²) in [6, 6.07) is 0. The van der Waals surface area contributed by atoms with Crippen molar-refractivity contribution in [1.29, 1.82) is 0 Å². The first-order valence-corrected chi connectivity index (χ1v) is 6.77. The van der Waals surface area contributed by atoms with Gasteiger partial charge in [0.05, 0.1) is 13.2 Å². The van der Waals surface area contributed by atoms with Crippen LogP contribution in [0.4, 0.5) is 0 Å². The first kappa shape index (κ1) is 13.5. The van der Waals surface area contributed by atoms with Crippen molar-refractivity contribution in [2.24, 2.45) is 13.0 Å². The van der Waals surface area contributed by atoms with E-state index >= 15 is 0 Å². The zero-order valence-corrected chi connectivity index (χ0v) is 11.6. The average Bonchev–Trinajstić information content (AvgIpc) is 2.70. The molecule has 0 aromatic carbocycles. The van der Waals surface area contributed by atoms with Crippen LogP contribution in [0.5, 0.6) is 0 Å². The monoisotopic (exact) mass is 252 g/mol. The van der Waals surface area contributed by atoms with Crippen LogP contribution >= 0.6 is 0 Å². The Kier molecular flexibility index (Phi) is 4.02. The molecule has 0 unspecified atom stereocenters. The van der Waals surface area contributed by atoms with Crippen LogP contribution in [0.1, 0.15) is 44.3 Å². The van der Waals surface area contributed by atoms with Crippen LogP contribution in [0.15, 0.2) is 0 Å². The predicted molar refractivity (Wildman–Crippen MR) is 70.0 cm³/mol. The van der Waals surface area contributed by atoms with Crippen LogP contribution in [-0.2, 0) is 13.6 Å². The molecule has 5 heteroatoms. The lowest BCUT2D eigenvalue weighted by Gasteiger charge is -2.38. The van der Waals surface area contributed by atoms with Crippen molar-refractivity contribution in [1.82, 2.24) is 20.1 Å². The van der Waals surface area contributed by atoms with Gasteiger partial charge in [-0.2, -0.15) is 0 Å². The Balaban J connectivity index is 1.97. The third kappa shape index (κ3) is 2.72. The molecule has 2 N–H and O–H groups in total. The molecule has 0 bridgehead atoms. The number of aromatic nitrogens is 3. The maximum Gasteiger partial charge on any atom is 0.146 e. The quantitative estimate of drug-likeness (QED) is 0.844. The van der Waals surface area contributed by atoms with E-state index in [1.54, 1.807) is 0 Å². The molecular weight excluding hydrogens is 228 g/mol. The number of nitrogens with one attached hydrogen (secondary N) is 1. The molecule has 0 radical (unpaired) electrons. The van der Waals surface area contributed by atoms with Crippen molar-refractivity contribution < 1.29 is 5.11 Å². The Morgan fingerprint density at radius 1 is 1.39 bits per heavy atom. The molecule has 2 rings (SSSR count). The highest BCUT2D eigenvalue weighted by Gasteiger charge is 2.33. The predicted octanol–water partition coefficient (Wildman–Crippen LogP) is 1.15. The smallest absolute Gasteiger partial charge is 0.146 e. The van der Waals surface area contributed by atoms with E-state index in [0.29, 0.717) is 6.54 Å². The van der Waals surface area contributed by atoms with Gasteiger partial charge in [0.1, 0.15) is 11.6 Å². The Bertz CT molecular complexity index is 394. The van der Waals surface area contributed by atoms with E-state index in [1.165, 1.54) is 12.8 Å². The topological polar surface area (TPSA) is 63.0 Å². The molecule has 1 aromatic heterocycles. The van der Waals surface area contributed by atoms with E-state index in [0.717, 1.165) is 30.4 Å². The van der Waals surface area contributed by atoms with Crippen LogP contribution in [0.3, 0.4) is 0 Å². The fourth-order valence-corrected chi connectivity index (χ4v) is 2.58. The van der Waals surface area contributed by atoms with Gasteiger partial charge in [-0.05, 0) is 38.5 Å². The van der Waals surface area contributed by atoms with E-state index in [1.807, 2.05) is 18.5 Å². The van der Waals surface area contributed by atoms with Crippen LogP contribution < -0.4 is 5.32 Å². The van der Waals surface area contributed by atoms with Crippen molar-refractivity contribution >= 4 is 0 Å². The van der Waals surface area contributed by atoms with Crippen molar-refractivity contribution in [2.45, 2.75) is 51.6 Å². The first-order chi connectivity index (χ1) is 8.56. The largest absolute Gasteiger partial charge is 0.394 e. The highest BCUT2D eigenvalue weighted by Crippen LogP contribution is 2.31. The van der Waals surface area contributed by atoms with Crippen molar-refractivity contribution in [3.8, 4) is 0 Å². The minimum atomic E-state index is -0.119. The summed E-state index contributed by atoms with van der Waals surface area (Å²) in [6.45, 7) is 5.11. The van der Waals surface area contributed by atoms with Gasteiger partial charge in [-0.3, -0.25) is 0 Å². The standard InChI is InChI=1S/C13H24N4O/c1-10-4-6-13(9-18,7-5-10)14-8-12-16-15-11(2)17(12)3/h10,14,18H,4-9H2,1-3H3. The number of nitrogens with zero attached hydrogens (tertiary/aromatic N) is 3. The van der Waals surface area contributed by atoms with E-state index < -0.39 is 0 Å². The Morgan fingerprint density at radius 2 is 2.06 bits per heavy atom. The highest BCUT2D eigenvalue weighted by atomic mass is 16.3. The van der Waals surface area contributed by atoms with E-state index in [9.17, 15) is 5.11 Å². The first-order valence-electron chi connectivity index (χ1n) is 6.77. The van der Waals surface area contributed by atoms with E-state index in [4.69, 9.17) is 0 Å². The molecule has 18 heavy (non-hydrogen) atoms. The summed E-state index contributed by atoms with van der Waals surface area (Å²) in [4.78, 5) is 0. The minimum absolute atomic E-state index is 0.119. The van der Waals surface area contributed by atoms with E-state index in [2.05, 4.69) is 22.4 Å². The zero-order valence-electron chi connectivity index (χ0n) is 11.6. The third-order valence-electron chi connectivity index (χ3n) is 4.34. The molecule has 1 aliphatic rings. The Labute approximate surface area is 109 Å². The summed E-state index contributed by atoms with van der Waals surface area (Å²) in [5.74, 6) is 2.63. The van der Waals surface area contributed by atoms with Crippen molar-refractivity contribution in [2.75, 3.05) is 6.61 Å². The van der Waals surface area contributed by atoms with Gasteiger partial charge in [0.2, 0.25) is 0 Å². The molecule has 102 valence electrons. The molecule has 1 fully saturated rings. The SMILES string of the molecule is Cc1nnc(CNC2(CO)CCC(C)CC2)n1C. The molecule has 0 amide bonds. The van der Waals surface area contributed by atoms with E-state index in [-0.39, 0.29) is 12.1 Å². The number of aliphatic hydroxyl groups excluding tert-OH is 1. The molecule has 0 aliphatic heterocycles. The van der Waals surface area contributed by atoms with Crippen molar-refractivity contribution in [3.05, 3.63) is 11.6 Å². The van der Waals surface area contributed by atoms with Gasteiger partial charge in [0, 0.05) is 12.6 Å². The number of hydrogen-bond acceptors (Lipinski definition) is 4. The van der Waals surface area contributed by atoms with Crippen LogP contribution in [0, 0.1) is 12.8 Å². The molecular formula is C13H24N4O. The molecule has 1 saturated carbocycles. The lowest BCUT2D eigenvalue weighted by atomic mass is 9.77. The van der Waals surface area contributed by atoms with Crippen LogP contribution in [0.2, 0.25) is 0 Å². The molecule has 1 heterocycles. The summed E-state index contributed by atoms with van der Waals surface area (Å²) in [5, 5.41) is 21.4. The average molecular weight is 252 g/mol. The van der Waals surface area contributed by atoms with Crippen molar-refractivity contribution in [3.63, 3.8) is 0 Å². The van der Waals surface area contributed by atoms with Crippen LogP contribution in [-0.4, -0.2) is 32.0 Å². The molecule has 0 saturated heterocycles. The van der Waals surface area contributed by atoms with Gasteiger partial charge in [-0.1, -0.05) is 6.92 Å². The third-order valence-corrected chi connectivity index (χ3v) is 4.34. The fraction of sp³-hybridized carbons (Fsp3) is 0.846. The second kappa shape index (κ2) is 5.36. The van der Waals surface area contributed by atoms with Gasteiger partial charge in [0.25, 0.3) is 0 Å².